The second-order valence-electron chi connectivity index (χ2n) is 4.33. The number of nitrogens with zero attached hydrogens (tertiary/aromatic N) is 2. The van der Waals surface area contributed by atoms with Gasteiger partial charge in [-0.15, -0.1) is 16.7 Å². The fourth-order valence-corrected chi connectivity index (χ4v) is 1.82. The number of rotatable bonds is 9. The Morgan fingerprint density at radius 3 is 2.82 bits per heavy atom. The Kier molecular flexibility index (Phi) is 7.01. The Hall–Kier alpha value is -0.770. The molecule has 17 heavy (non-hydrogen) atoms. The lowest BCUT2D eigenvalue weighted by Gasteiger charge is -2.10. The van der Waals surface area contributed by atoms with E-state index >= 15 is 0 Å². The van der Waals surface area contributed by atoms with Crippen LogP contribution in [0.3, 0.4) is 0 Å². The fraction of sp³-hybridized carbons (Fsp3) is 0.833. The molecule has 0 fully saturated rings. The van der Waals surface area contributed by atoms with Crippen molar-refractivity contribution in [2.45, 2.75) is 58.4 Å². The summed E-state index contributed by atoms with van der Waals surface area (Å²) in [6.45, 7) is 4.36. The zero-order valence-corrected chi connectivity index (χ0v) is 11.5. The molecule has 1 atom stereocenters. The molecule has 1 rings (SSSR count). The van der Waals surface area contributed by atoms with E-state index in [2.05, 4.69) is 29.4 Å². The van der Waals surface area contributed by atoms with Crippen LogP contribution in [0.25, 0.3) is 0 Å². The maximum absolute atomic E-state index is 5.60. The van der Waals surface area contributed by atoms with Crippen molar-refractivity contribution >= 4 is 17.6 Å². The second-order valence-corrected chi connectivity index (χ2v) is 4.71. The summed E-state index contributed by atoms with van der Waals surface area (Å²) in [5.41, 5.74) is 0. The van der Waals surface area contributed by atoms with Crippen molar-refractivity contribution in [3.05, 3.63) is 5.89 Å². The first-order chi connectivity index (χ1) is 8.26. The second kappa shape index (κ2) is 8.34. The molecule has 1 unspecified atom stereocenters. The van der Waals surface area contributed by atoms with E-state index < -0.39 is 0 Å². The van der Waals surface area contributed by atoms with Crippen LogP contribution < -0.4 is 5.32 Å². The average Bonchev–Trinajstić information content (AvgIpc) is 2.73. The molecule has 5 heteroatoms. The Bertz CT molecular complexity index is 304. The summed E-state index contributed by atoms with van der Waals surface area (Å²) < 4.78 is 5.40. The van der Waals surface area contributed by atoms with Crippen LogP contribution in [-0.2, 0) is 6.42 Å². The zero-order valence-electron chi connectivity index (χ0n) is 10.7. The Morgan fingerprint density at radius 2 is 2.12 bits per heavy atom. The van der Waals surface area contributed by atoms with Gasteiger partial charge >= 0.3 is 6.01 Å². The number of hydrogen-bond donors (Lipinski definition) is 1. The molecule has 0 amide bonds. The van der Waals surface area contributed by atoms with Crippen LogP contribution in [0.1, 0.15) is 51.8 Å². The summed E-state index contributed by atoms with van der Waals surface area (Å²) >= 11 is 5.60. The zero-order chi connectivity index (χ0) is 12.5. The van der Waals surface area contributed by atoms with E-state index in [1.165, 1.54) is 25.7 Å². The number of aromatic nitrogens is 2. The summed E-state index contributed by atoms with van der Waals surface area (Å²) in [6, 6.07) is 0.879. The minimum absolute atomic E-state index is 0.371. The Morgan fingerprint density at radius 1 is 1.29 bits per heavy atom. The normalized spacial score (nSPS) is 12.6. The van der Waals surface area contributed by atoms with E-state index in [9.17, 15) is 0 Å². The molecule has 0 aliphatic heterocycles. The van der Waals surface area contributed by atoms with Gasteiger partial charge in [-0.05, 0) is 13.3 Å². The molecular weight excluding hydrogens is 238 g/mol. The van der Waals surface area contributed by atoms with Crippen LogP contribution in [-0.4, -0.2) is 22.1 Å². The van der Waals surface area contributed by atoms with Crippen molar-refractivity contribution in [1.29, 1.82) is 0 Å². The van der Waals surface area contributed by atoms with E-state index in [-0.39, 0.29) is 0 Å². The van der Waals surface area contributed by atoms with E-state index in [0.717, 1.165) is 6.42 Å². The molecular formula is C12H22ClN3O. The molecule has 1 aromatic heterocycles. The Labute approximate surface area is 108 Å². The van der Waals surface area contributed by atoms with Gasteiger partial charge in [0.2, 0.25) is 5.89 Å². The van der Waals surface area contributed by atoms with Gasteiger partial charge in [0.1, 0.15) is 0 Å². The predicted octanol–water partition coefficient (Wildman–Crippen LogP) is 3.62. The van der Waals surface area contributed by atoms with Crippen molar-refractivity contribution in [1.82, 2.24) is 10.2 Å². The van der Waals surface area contributed by atoms with Crippen LogP contribution in [0.2, 0.25) is 0 Å². The molecule has 0 aromatic carbocycles. The van der Waals surface area contributed by atoms with Crippen LogP contribution in [0, 0.1) is 0 Å². The van der Waals surface area contributed by atoms with Crippen molar-refractivity contribution in [2.24, 2.45) is 0 Å². The lowest BCUT2D eigenvalue weighted by molar-refractivity contribution is 0.500. The monoisotopic (exact) mass is 259 g/mol. The first-order valence-corrected chi connectivity index (χ1v) is 6.94. The number of nitrogens with one attached hydrogen (secondary N) is 1. The SMILES string of the molecule is CCCCCCC(C)Nc1nnc(CCCl)o1. The van der Waals surface area contributed by atoms with E-state index in [1.807, 2.05) is 0 Å². The summed E-state index contributed by atoms with van der Waals surface area (Å²) in [5, 5.41) is 11.1. The predicted molar refractivity (Wildman–Crippen MR) is 70.6 cm³/mol. The third-order valence-electron chi connectivity index (χ3n) is 2.64. The molecule has 0 aliphatic rings. The standard InChI is InChI=1S/C12H22ClN3O/c1-3-4-5-6-7-10(2)14-12-16-15-11(17-12)8-9-13/h10H,3-9H2,1-2H3,(H,14,16). The molecule has 0 aliphatic carbocycles. The summed E-state index contributed by atoms with van der Waals surface area (Å²) in [4.78, 5) is 0. The van der Waals surface area contributed by atoms with Gasteiger partial charge in [0, 0.05) is 18.3 Å². The van der Waals surface area contributed by atoms with Crippen molar-refractivity contribution in [3.63, 3.8) is 0 Å². The highest BCUT2D eigenvalue weighted by Crippen LogP contribution is 2.12. The van der Waals surface area contributed by atoms with E-state index in [1.54, 1.807) is 0 Å². The highest BCUT2D eigenvalue weighted by molar-refractivity contribution is 6.17. The van der Waals surface area contributed by atoms with Gasteiger partial charge in [0.25, 0.3) is 0 Å². The molecule has 1 heterocycles. The molecule has 0 bridgehead atoms. The molecule has 0 radical (unpaired) electrons. The lowest BCUT2D eigenvalue weighted by Crippen LogP contribution is -2.15. The number of unbranched alkanes of at least 4 members (excludes halogenated alkanes) is 3. The van der Waals surface area contributed by atoms with Crippen molar-refractivity contribution < 1.29 is 4.42 Å². The number of hydrogen-bond acceptors (Lipinski definition) is 4. The average molecular weight is 260 g/mol. The van der Waals surface area contributed by atoms with Crippen molar-refractivity contribution in [3.8, 4) is 0 Å². The number of anilines is 1. The number of halogens is 1. The van der Waals surface area contributed by atoms with Gasteiger partial charge in [-0.2, -0.15) is 0 Å². The number of alkyl halides is 1. The van der Waals surface area contributed by atoms with Gasteiger partial charge < -0.3 is 9.73 Å². The van der Waals surface area contributed by atoms with Crippen LogP contribution in [0.15, 0.2) is 4.42 Å². The largest absolute Gasteiger partial charge is 0.408 e. The van der Waals surface area contributed by atoms with Gasteiger partial charge in [-0.1, -0.05) is 37.7 Å². The van der Waals surface area contributed by atoms with Crippen LogP contribution >= 0.6 is 11.6 Å². The first-order valence-electron chi connectivity index (χ1n) is 6.41. The quantitative estimate of drug-likeness (QED) is 0.544. The van der Waals surface area contributed by atoms with E-state index in [4.69, 9.17) is 16.0 Å². The van der Waals surface area contributed by atoms with Crippen LogP contribution in [0.4, 0.5) is 6.01 Å². The number of aryl methyl sites for hydroxylation is 1. The third-order valence-corrected chi connectivity index (χ3v) is 2.82. The van der Waals surface area contributed by atoms with E-state index in [0.29, 0.717) is 30.2 Å². The molecule has 0 saturated carbocycles. The summed E-state index contributed by atoms with van der Waals surface area (Å²) in [6.07, 6.45) is 6.88. The Balaban J connectivity index is 2.22. The molecule has 1 N–H and O–H groups in total. The molecule has 1 aromatic rings. The maximum Gasteiger partial charge on any atom is 0.315 e. The highest BCUT2D eigenvalue weighted by atomic mass is 35.5. The third kappa shape index (κ3) is 5.91. The van der Waals surface area contributed by atoms with Gasteiger partial charge in [-0.3, -0.25) is 0 Å². The smallest absolute Gasteiger partial charge is 0.315 e. The molecule has 98 valence electrons. The summed E-state index contributed by atoms with van der Waals surface area (Å²) in [7, 11) is 0. The van der Waals surface area contributed by atoms with Gasteiger partial charge in [0.05, 0.1) is 0 Å². The molecule has 0 spiro atoms. The minimum atomic E-state index is 0.371. The van der Waals surface area contributed by atoms with Gasteiger partial charge in [-0.25, -0.2) is 0 Å². The minimum Gasteiger partial charge on any atom is -0.408 e. The van der Waals surface area contributed by atoms with Crippen molar-refractivity contribution in [2.75, 3.05) is 11.2 Å². The molecule has 4 nitrogen and oxygen atoms in total. The van der Waals surface area contributed by atoms with Crippen LogP contribution in [0.5, 0.6) is 0 Å². The maximum atomic E-state index is 5.60. The topological polar surface area (TPSA) is 51.0 Å². The summed E-state index contributed by atoms with van der Waals surface area (Å²) in [5.74, 6) is 1.11. The van der Waals surface area contributed by atoms with Gasteiger partial charge in [0.15, 0.2) is 0 Å². The highest BCUT2D eigenvalue weighted by Gasteiger charge is 2.08. The first kappa shape index (κ1) is 14.3. The lowest BCUT2D eigenvalue weighted by atomic mass is 10.1. The fourth-order valence-electron chi connectivity index (χ4n) is 1.65. The molecule has 0 saturated heterocycles.